The molecule has 0 aliphatic heterocycles. The van der Waals surface area contributed by atoms with E-state index in [0.717, 1.165) is 13.0 Å². The Morgan fingerprint density at radius 2 is 1.06 bits per heavy atom. The molecule has 0 rings (SSSR count). The molecule has 2 heteroatoms. The predicted octanol–water partition coefficient (Wildman–Crippen LogP) is 3.58. The van der Waals surface area contributed by atoms with Crippen LogP contribution in [-0.2, 0) is 0 Å². The van der Waals surface area contributed by atoms with E-state index in [9.17, 15) is 0 Å². The van der Waals surface area contributed by atoms with Crippen molar-refractivity contribution < 1.29 is 0 Å². The summed E-state index contributed by atoms with van der Waals surface area (Å²) in [7, 11) is 0. The highest BCUT2D eigenvalue weighted by Crippen LogP contribution is 2.13. The van der Waals surface area contributed by atoms with E-state index in [1.807, 2.05) is 0 Å². The van der Waals surface area contributed by atoms with Crippen molar-refractivity contribution in [2.75, 3.05) is 6.54 Å². The van der Waals surface area contributed by atoms with Gasteiger partial charge in [-0.2, -0.15) is 0 Å². The summed E-state index contributed by atoms with van der Waals surface area (Å²) in [5.74, 6) is 0. The number of unbranched alkanes of at least 4 members (excludes halogenated alkanes) is 8. The molecule has 0 saturated carbocycles. The maximum atomic E-state index is 5.93. The Labute approximate surface area is 102 Å². The van der Waals surface area contributed by atoms with Gasteiger partial charge in [-0.15, -0.1) is 0 Å². The average Bonchev–Trinajstić information content (AvgIpc) is 2.19. The van der Waals surface area contributed by atoms with Gasteiger partial charge >= 0.3 is 0 Å². The first-order chi connectivity index (χ1) is 7.56. The molecule has 0 radical (unpaired) electrons. The van der Waals surface area contributed by atoms with Gasteiger partial charge < -0.3 is 11.5 Å². The molecule has 98 valence electrons. The lowest BCUT2D eigenvalue weighted by molar-refractivity contribution is 0.440. The van der Waals surface area contributed by atoms with E-state index in [4.69, 9.17) is 11.5 Å². The Kier molecular flexibility index (Phi) is 10.0. The molecule has 0 unspecified atom stereocenters. The second-order valence-corrected chi connectivity index (χ2v) is 5.71. The number of hydrogen-bond acceptors (Lipinski definition) is 2. The molecule has 0 spiro atoms. The van der Waals surface area contributed by atoms with Gasteiger partial charge in [0.25, 0.3) is 0 Å². The number of rotatable bonds is 11. The summed E-state index contributed by atoms with van der Waals surface area (Å²) in [5.41, 5.74) is 11.4. The van der Waals surface area contributed by atoms with E-state index >= 15 is 0 Å². The fourth-order valence-electron chi connectivity index (χ4n) is 1.96. The van der Waals surface area contributed by atoms with Crippen LogP contribution in [0.5, 0.6) is 0 Å². The van der Waals surface area contributed by atoms with Crippen molar-refractivity contribution in [1.29, 1.82) is 0 Å². The summed E-state index contributed by atoms with van der Waals surface area (Å²) in [6.07, 6.45) is 13.2. The number of nitrogens with two attached hydrogens (primary N) is 2. The van der Waals surface area contributed by atoms with Gasteiger partial charge in [-0.05, 0) is 33.2 Å². The molecule has 0 saturated heterocycles. The van der Waals surface area contributed by atoms with Crippen LogP contribution in [0.1, 0.15) is 78.1 Å². The molecule has 0 atom stereocenters. The molecule has 0 bridgehead atoms. The van der Waals surface area contributed by atoms with Crippen molar-refractivity contribution >= 4 is 0 Å². The van der Waals surface area contributed by atoms with E-state index in [1.165, 1.54) is 57.8 Å². The minimum atomic E-state index is 0.0300. The second-order valence-electron chi connectivity index (χ2n) is 5.71. The van der Waals surface area contributed by atoms with Gasteiger partial charge in [-0.3, -0.25) is 0 Å². The molecule has 0 heterocycles. The molecule has 4 N–H and O–H groups in total. The number of hydrogen-bond donors (Lipinski definition) is 2. The van der Waals surface area contributed by atoms with Gasteiger partial charge in [0.1, 0.15) is 0 Å². The van der Waals surface area contributed by atoms with Crippen LogP contribution < -0.4 is 11.5 Å². The van der Waals surface area contributed by atoms with E-state index in [0.29, 0.717) is 0 Å². The summed E-state index contributed by atoms with van der Waals surface area (Å²) in [6, 6.07) is 0. The molecule has 0 aliphatic carbocycles. The molecule has 0 amide bonds. The quantitative estimate of drug-likeness (QED) is 0.531. The summed E-state index contributed by atoms with van der Waals surface area (Å²) < 4.78 is 0. The highest BCUT2D eigenvalue weighted by molar-refractivity contribution is 4.70. The molecule has 0 aromatic carbocycles. The van der Waals surface area contributed by atoms with Crippen molar-refractivity contribution in [3.05, 3.63) is 0 Å². The molecule has 0 aromatic heterocycles. The van der Waals surface area contributed by atoms with E-state index in [-0.39, 0.29) is 5.54 Å². The molecule has 0 fully saturated rings. The van der Waals surface area contributed by atoms with E-state index in [1.54, 1.807) is 0 Å². The van der Waals surface area contributed by atoms with E-state index < -0.39 is 0 Å². The minimum absolute atomic E-state index is 0.0300. The minimum Gasteiger partial charge on any atom is -0.330 e. The topological polar surface area (TPSA) is 52.0 Å². The zero-order chi connectivity index (χ0) is 12.3. The molecule has 0 aliphatic rings. The molecular weight excluding hydrogens is 196 g/mol. The van der Waals surface area contributed by atoms with Crippen molar-refractivity contribution in [3.63, 3.8) is 0 Å². The predicted molar refractivity (Wildman–Crippen MR) is 73.5 cm³/mol. The Hall–Kier alpha value is -0.0800. The van der Waals surface area contributed by atoms with Gasteiger partial charge in [0.15, 0.2) is 0 Å². The van der Waals surface area contributed by atoms with Crippen molar-refractivity contribution in [2.24, 2.45) is 11.5 Å². The SMILES string of the molecule is CC(C)(N)CCCCCCCCCCCN. The first kappa shape index (κ1) is 15.9. The second kappa shape index (κ2) is 10.1. The summed E-state index contributed by atoms with van der Waals surface area (Å²) in [4.78, 5) is 0. The highest BCUT2D eigenvalue weighted by Gasteiger charge is 2.08. The largest absolute Gasteiger partial charge is 0.330 e. The smallest absolute Gasteiger partial charge is 0.00970 e. The van der Waals surface area contributed by atoms with Crippen LogP contribution in [0.3, 0.4) is 0 Å². The fraction of sp³-hybridized carbons (Fsp3) is 1.00. The van der Waals surface area contributed by atoms with Crippen LogP contribution in [0.25, 0.3) is 0 Å². The van der Waals surface area contributed by atoms with Gasteiger partial charge in [0.2, 0.25) is 0 Å². The van der Waals surface area contributed by atoms with Crippen LogP contribution in [-0.4, -0.2) is 12.1 Å². The Morgan fingerprint density at radius 1 is 0.688 bits per heavy atom. The van der Waals surface area contributed by atoms with Gasteiger partial charge in [0, 0.05) is 5.54 Å². The van der Waals surface area contributed by atoms with Crippen molar-refractivity contribution in [2.45, 2.75) is 83.6 Å². The highest BCUT2D eigenvalue weighted by atomic mass is 14.7. The zero-order valence-corrected chi connectivity index (χ0v) is 11.4. The lowest BCUT2D eigenvalue weighted by Crippen LogP contribution is -2.31. The first-order valence-corrected chi connectivity index (χ1v) is 7.05. The Balaban J connectivity index is 2.99. The molecular formula is C14H32N2. The van der Waals surface area contributed by atoms with Gasteiger partial charge in [0.05, 0.1) is 0 Å². The van der Waals surface area contributed by atoms with Crippen LogP contribution >= 0.6 is 0 Å². The lowest BCUT2D eigenvalue weighted by atomic mass is 9.97. The fourth-order valence-corrected chi connectivity index (χ4v) is 1.96. The Morgan fingerprint density at radius 3 is 1.44 bits per heavy atom. The third-order valence-electron chi connectivity index (χ3n) is 3.03. The van der Waals surface area contributed by atoms with Crippen LogP contribution in [0.15, 0.2) is 0 Å². The monoisotopic (exact) mass is 228 g/mol. The van der Waals surface area contributed by atoms with Crippen molar-refractivity contribution in [3.8, 4) is 0 Å². The summed E-state index contributed by atoms with van der Waals surface area (Å²) in [6.45, 7) is 5.09. The van der Waals surface area contributed by atoms with Gasteiger partial charge in [-0.25, -0.2) is 0 Å². The Bertz CT molecular complexity index is 138. The molecule has 2 nitrogen and oxygen atoms in total. The average molecular weight is 228 g/mol. The standard InChI is InChI=1S/C14H32N2/c1-14(2,16)12-10-8-6-4-3-5-7-9-11-13-15/h3-13,15-16H2,1-2H3. The van der Waals surface area contributed by atoms with Crippen LogP contribution in [0.2, 0.25) is 0 Å². The van der Waals surface area contributed by atoms with Crippen molar-refractivity contribution in [1.82, 2.24) is 0 Å². The maximum absolute atomic E-state index is 5.93. The molecule has 0 aromatic rings. The summed E-state index contributed by atoms with van der Waals surface area (Å²) in [5, 5.41) is 0. The zero-order valence-electron chi connectivity index (χ0n) is 11.4. The van der Waals surface area contributed by atoms with E-state index in [2.05, 4.69) is 13.8 Å². The van der Waals surface area contributed by atoms with Gasteiger partial charge in [-0.1, -0.05) is 51.4 Å². The summed E-state index contributed by atoms with van der Waals surface area (Å²) >= 11 is 0. The maximum Gasteiger partial charge on any atom is 0.00970 e. The molecule has 16 heavy (non-hydrogen) atoms. The third-order valence-corrected chi connectivity index (χ3v) is 3.03. The lowest BCUT2D eigenvalue weighted by Gasteiger charge is -2.17. The van der Waals surface area contributed by atoms with Crippen LogP contribution in [0.4, 0.5) is 0 Å². The third kappa shape index (κ3) is 13.9. The van der Waals surface area contributed by atoms with Crippen LogP contribution in [0, 0.1) is 0 Å². The normalized spacial score (nSPS) is 12.0. The first-order valence-electron chi connectivity index (χ1n) is 7.05.